The van der Waals surface area contributed by atoms with Crippen LogP contribution < -0.4 is 4.90 Å². The normalized spacial score (nSPS) is 9.62. The molecule has 0 bridgehead atoms. The van der Waals surface area contributed by atoms with Gasteiger partial charge in [-0.3, -0.25) is 9.69 Å². The quantitative estimate of drug-likeness (QED) is 0.659. The summed E-state index contributed by atoms with van der Waals surface area (Å²) in [6.45, 7) is 1.88. The van der Waals surface area contributed by atoms with E-state index in [1.165, 1.54) is 12.3 Å². The van der Waals surface area contributed by atoms with Gasteiger partial charge in [0.25, 0.3) is 0 Å². The highest BCUT2D eigenvalue weighted by molar-refractivity contribution is 6.37. The molecule has 0 saturated heterocycles. The predicted octanol–water partition coefficient (Wildman–Crippen LogP) is 0.112. The molecule has 1 aromatic heterocycles. The van der Waals surface area contributed by atoms with Gasteiger partial charge in [0.2, 0.25) is 0 Å². The molecule has 0 spiro atoms. The fourth-order valence-electron chi connectivity index (χ4n) is 0.870. The topological polar surface area (TPSA) is 83.6 Å². The summed E-state index contributed by atoms with van der Waals surface area (Å²) in [6.07, 6.45) is 1.27. The highest BCUT2D eigenvalue weighted by Crippen LogP contribution is 2.09. The van der Waals surface area contributed by atoms with Crippen LogP contribution in [0.5, 0.6) is 0 Å². The Hall–Kier alpha value is -1.85. The zero-order chi connectivity index (χ0) is 9.84. The number of anilines is 1. The van der Waals surface area contributed by atoms with Crippen LogP contribution in [0, 0.1) is 0 Å². The summed E-state index contributed by atoms with van der Waals surface area (Å²) in [5.74, 6) is -2.32. The maximum absolute atomic E-state index is 11.0. The maximum atomic E-state index is 11.0. The molecule has 0 unspecified atom stereocenters. The maximum Gasteiger partial charge on any atom is 0.395 e. The minimum absolute atomic E-state index is 0.204. The van der Waals surface area contributed by atoms with E-state index >= 15 is 0 Å². The number of carbonyl (C=O) groups is 2. The highest BCUT2D eigenvalue weighted by Gasteiger charge is 2.22. The molecule has 0 aliphatic heterocycles. The molecular formula is C7H8N2O4. The fourth-order valence-corrected chi connectivity index (χ4v) is 0.870. The number of carboxylic acids is 1. The first-order valence-corrected chi connectivity index (χ1v) is 3.62. The Kier molecular flexibility index (Phi) is 2.63. The van der Waals surface area contributed by atoms with Gasteiger partial charge in [0.1, 0.15) is 6.26 Å². The number of hydrogen-bond acceptors (Lipinski definition) is 4. The SMILES string of the molecule is CCN(C(=O)C(=O)O)c1ccon1. The second kappa shape index (κ2) is 3.70. The van der Waals surface area contributed by atoms with Crippen LogP contribution in [0.15, 0.2) is 16.9 Å². The molecule has 1 heterocycles. The van der Waals surface area contributed by atoms with Crippen LogP contribution in [0.3, 0.4) is 0 Å². The van der Waals surface area contributed by atoms with Crippen molar-refractivity contribution in [1.82, 2.24) is 5.16 Å². The molecule has 0 aromatic carbocycles. The number of aliphatic carboxylic acids is 1. The van der Waals surface area contributed by atoms with Crippen molar-refractivity contribution < 1.29 is 19.2 Å². The summed E-state index contributed by atoms with van der Waals surface area (Å²) in [7, 11) is 0. The van der Waals surface area contributed by atoms with Crippen LogP contribution in [-0.2, 0) is 9.59 Å². The van der Waals surface area contributed by atoms with Gasteiger partial charge in [-0.1, -0.05) is 5.16 Å². The van der Waals surface area contributed by atoms with Crippen molar-refractivity contribution in [2.24, 2.45) is 0 Å². The molecule has 1 aromatic rings. The highest BCUT2D eigenvalue weighted by atomic mass is 16.5. The smallest absolute Gasteiger partial charge is 0.395 e. The molecule has 0 radical (unpaired) electrons. The van der Waals surface area contributed by atoms with E-state index < -0.39 is 11.9 Å². The molecule has 13 heavy (non-hydrogen) atoms. The van der Waals surface area contributed by atoms with Gasteiger partial charge in [-0.25, -0.2) is 4.79 Å². The van der Waals surface area contributed by atoms with Crippen LogP contribution in [0.1, 0.15) is 6.92 Å². The second-order valence-corrected chi connectivity index (χ2v) is 2.21. The van der Waals surface area contributed by atoms with Crippen LogP contribution >= 0.6 is 0 Å². The van der Waals surface area contributed by atoms with E-state index in [1.54, 1.807) is 6.92 Å². The molecule has 1 rings (SSSR count). The monoisotopic (exact) mass is 184 g/mol. The van der Waals surface area contributed by atoms with Gasteiger partial charge >= 0.3 is 11.9 Å². The molecule has 0 fully saturated rings. The molecule has 1 amide bonds. The zero-order valence-corrected chi connectivity index (χ0v) is 6.93. The van der Waals surface area contributed by atoms with E-state index in [0.29, 0.717) is 0 Å². The van der Waals surface area contributed by atoms with Crippen LogP contribution in [0.25, 0.3) is 0 Å². The number of amides is 1. The van der Waals surface area contributed by atoms with E-state index in [1.807, 2.05) is 0 Å². The van der Waals surface area contributed by atoms with E-state index in [4.69, 9.17) is 5.11 Å². The Balaban J connectivity index is 2.86. The fraction of sp³-hybridized carbons (Fsp3) is 0.286. The van der Waals surface area contributed by atoms with E-state index in [2.05, 4.69) is 9.68 Å². The van der Waals surface area contributed by atoms with Crippen LogP contribution in [0.2, 0.25) is 0 Å². The number of carbonyl (C=O) groups excluding carboxylic acids is 1. The summed E-state index contributed by atoms with van der Waals surface area (Å²) in [5, 5.41) is 11.9. The van der Waals surface area contributed by atoms with Gasteiger partial charge in [-0.15, -0.1) is 0 Å². The number of rotatable bonds is 2. The summed E-state index contributed by atoms with van der Waals surface area (Å²) >= 11 is 0. The van der Waals surface area contributed by atoms with Crippen molar-refractivity contribution in [3.63, 3.8) is 0 Å². The lowest BCUT2D eigenvalue weighted by Crippen LogP contribution is -2.36. The van der Waals surface area contributed by atoms with Crippen LogP contribution in [-0.4, -0.2) is 28.7 Å². The van der Waals surface area contributed by atoms with Gasteiger partial charge < -0.3 is 9.63 Å². The van der Waals surface area contributed by atoms with E-state index in [9.17, 15) is 9.59 Å². The second-order valence-electron chi connectivity index (χ2n) is 2.21. The number of aromatic nitrogens is 1. The largest absolute Gasteiger partial charge is 0.474 e. The van der Waals surface area contributed by atoms with Crippen LogP contribution in [0.4, 0.5) is 5.82 Å². The molecule has 0 aliphatic rings. The number of hydrogen-bond donors (Lipinski definition) is 1. The van der Waals surface area contributed by atoms with Gasteiger partial charge in [0.05, 0.1) is 0 Å². The lowest BCUT2D eigenvalue weighted by atomic mass is 10.4. The van der Waals surface area contributed by atoms with Gasteiger partial charge in [0.15, 0.2) is 5.82 Å². The predicted molar refractivity (Wildman–Crippen MR) is 42.2 cm³/mol. The Bertz CT molecular complexity index is 306. The molecule has 1 N–H and O–H groups in total. The summed E-state index contributed by atoms with van der Waals surface area (Å²) in [5.41, 5.74) is 0. The van der Waals surface area contributed by atoms with Gasteiger partial charge in [-0.2, -0.15) is 0 Å². The minimum Gasteiger partial charge on any atom is -0.474 e. The lowest BCUT2D eigenvalue weighted by molar-refractivity contribution is -0.148. The number of carboxylic acid groups (broad SMARTS) is 1. The molecule has 0 atom stereocenters. The van der Waals surface area contributed by atoms with E-state index in [0.717, 1.165) is 4.90 Å². The molecule has 6 nitrogen and oxygen atoms in total. The number of nitrogens with zero attached hydrogens (tertiary/aromatic N) is 2. The Morgan fingerprint density at radius 3 is 2.77 bits per heavy atom. The first-order chi connectivity index (χ1) is 6.16. The third-order valence-corrected chi connectivity index (χ3v) is 1.45. The average molecular weight is 184 g/mol. The standard InChI is InChI=1S/C7H8N2O4/c1-2-9(6(10)7(11)12)5-3-4-13-8-5/h3-4H,2H2,1H3,(H,11,12). The van der Waals surface area contributed by atoms with Crippen molar-refractivity contribution in [2.45, 2.75) is 6.92 Å². The van der Waals surface area contributed by atoms with Crippen molar-refractivity contribution in [3.8, 4) is 0 Å². The average Bonchev–Trinajstić information content (AvgIpc) is 2.58. The first-order valence-electron chi connectivity index (χ1n) is 3.62. The van der Waals surface area contributed by atoms with Crippen molar-refractivity contribution in [2.75, 3.05) is 11.4 Å². The summed E-state index contributed by atoms with van der Waals surface area (Å²) in [4.78, 5) is 22.4. The first kappa shape index (κ1) is 9.24. The van der Waals surface area contributed by atoms with Crippen molar-refractivity contribution in [3.05, 3.63) is 12.3 Å². The number of likely N-dealkylation sites (N-methyl/N-ethyl adjacent to an activating group) is 1. The molecule has 70 valence electrons. The zero-order valence-electron chi connectivity index (χ0n) is 6.93. The van der Waals surface area contributed by atoms with Crippen molar-refractivity contribution >= 4 is 17.7 Å². The van der Waals surface area contributed by atoms with Gasteiger partial charge in [-0.05, 0) is 6.92 Å². The van der Waals surface area contributed by atoms with Gasteiger partial charge in [0, 0.05) is 12.6 Å². The minimum atomic E-state index is -1.51. The Morgan fingerprint density at radius 1 is 1.69 bits per heavy atom. The summed E-state index contributed by atoms with van der Waals surface area (Å²) < 4.78 is 4.49. The molecule has 6 heteroatoms. The lowest BCUT2D eigenvalue weighted by Gasteiger charge is -2.13. The van der Waals surface area contributed by atoms with E-state index in [-0.39, 0.29) is 12.4 Å². The third kappa shape index (κ3) is 1.84. The molecule has 0 aliphatic carbocycles. The van der Waals surface area contributed by atoms with Crippen molar-refractivity contribution in [1.29, 1.82) is 0 Å². The summed E-state index contributed by atoms with van der Waals surface area (Å²) in [6, 6.07) is 1.42. The Morgan fingerprint density at radius 2 is 2.38 bits per heavy atom. The molecule has 0 saturated carbocycles. The Labute approximate surface area is 73.7 Å². The molecular weight excluding hydrogens is 176 g/mol. The third-order valence-electron chi connectivity index (χ3n) is 1.45.